The minimum Gasteiger partial charge on any atom is -0.369 e. The lowest BCUT2D eigenvalue weighted by molar-refractivity contribution is -0.119. The summed E-state index contributed by atoms with van der Waals surface area (Å²) >= 11 is 0. The highest BCUT2D eigenvalue weighted by Crippen LogP contribution is 2.30. The summed E-state index contributed by atoms with van der Waals surface area (Å²) in [4.78, 5) is 11.1. The molecule has 2 aromatic carbocycles. The summed E-state index contributed by atoms with van der Waals surface area (Å²) in [7, 11) is 0. The van der Waals surface area contributed by atoms with Crippen LogP contribution in [-0.4, -0.2) is 5.91 Å². The molecule has 22 heavy (non-hydrogen) atoms. The topological polar surface area (TPSA) is 43.1 Å². The number of aryl methyl sites for hydroxylation is 3. The van der Waals surface area contributed by atoms with Crippen molar-refractivity contribution in [1.29, 1.82) is 0 Å². The zero-order chi connectivity index (χ0) is 15.4. The molecule has 0 saturated heterocycles. The van der Waals surface area contributed by atoms with Crippen LogP contribution in [0.3, 0.4) is 0 Å². The second-order valence-corrected chi connectivity index (χ2v) is 6.17. The Morgan fingerprint density at radius 1 is 0.818 bits per heavy atom. The SMILES string of the molecule is NC(=O)C1CCCc2ccccc21.c1ccc2c(c1)CCC2. The second kappa shape index (κ2) is 6.78. The van der Waals surface area contributed by atoms with Gasteiger partial charge in [0.15, 0.2) is 0 Å². The number of hydrogen-bond donors (Lipinski definition) is 1. The molecule has 2 aliphatic rings. The van der Waals surface area contributed by atoms with Crippen LogP contribution in [0.5, 0.6) is 0 Å². The molecule has 0 fully saturated rings. The highest BCUT2D eigenvalue weighted by Gasteiger charge is 2.23. The molecule has 2 aliphatic carbocycles. The average molecular weight is 293 g/mol. The number of benzene rings is 2. The maximum absolute atomic E-state index is 11.1. The zero-order valence-electron chi connectivity index (χ0n) is 12.9. The Labute approximate surface area is 132 Å². The van der Waals surface area contributed by atoms with E-state index in [-0.39, 0.29) is 11.8 Å². The molecule has 1 unspecified atom stereocenters. The molecule has 0 bridgehead atoms. The van der Waals surface area contributed by atoms with E-state index in [9.17, 15) is 4.79 Å². The Morgan fingerprint density at radius 3 is 2.00 bits per heavy atom. The van der Waals surface area contributed by atoms with Crippen LogP contribution in [-0.2, 0) is 24.1 Å². The van der Waals surface area contributed by atoms with Gasteiger partial charge in [0.1, 0.15) is 0 Å². The molecule has 0 heterocycles. The first kappa shape index (κ1) is 14.8. The number of nitrogens with two attached hydrogens (primary N) is 1. The summed E-state index contributed by atoms with van der Waals surface area (Å²) < 4.78 is 0. The first-order valence-electron chi connectivity index (χ1n) is 8.19. The van der Waals surface area contributed by atoms with Crippen molar-refractivity contribution < 1.29 is 4.79 Å². The fraction of sp³-hybridized carbons (Fsp3) is 0.350. The molecule has 0 aliphatic heterocycles. The predicted octanol–water partition coefficient (Wildman–Crippen LogP) is 3.77. The van der Waals surface area contributed by atoms with Gasteiger partial charge in [-0.05, 0) is 60.8 Å². The Hall–Kier alpha value is -2.09. The first-order chi connectivity index (χ1) is 10.8. The van der Waals surface area contributed by atoms with Crippen LogP contribution in [0.2, 0.25) is 0 Å². The lowest BCUT2D eigenvalue weighted by atomic mass is 9.82. The Kier molecular flexibility index (Phi) is 4.57. The van der Waals surface area contributed by atoms with Gasteiger partial charge in [-0.15, -0.1) is 0 Å². The summed E-state index contributed by atoms with van der Waals surface area (Å²) in [6.07, 6.45) is 7.03. The summed E-state index contributed by atoms with van der Waals surface area (Å²) in [6.45, 7) is 0. The first-order valence-corrected chi connectivity index (χ1v) is 8.19. The largest absolute Gasteiger partial charge is 0.369 e. The highest BCUT2D eigenvalue weighted by molar-refractivity contribution is 5.82. The molecule has 0 aromatic heterocycles. The molecule has 1 amide bonds. The number of hydrogen-bond acceptors (Lipinski definition) is 1. The number of carbonyl (C=O) groups excluding carboxylic acids is 1. The minimum absolute atomic E-state index is 0.0510. The summed E-state index contributed by atoms with van der Waals surface area (Å²) in [5.41, 5.74) is 10.9. The van der Waals surface area contributed by atoms with Gasteiger partial charge in [-0.2, -0.15) is 0 Å². The van der Waals surface area contributed by atoms with Crippen molar-refractivity contribution in [2.75, 3.05) is 0 Å². The van der Waals surface area contributed by atoms with Gasteiger partial charge in [-0.1, -0.05) is 48.5 Å². The van der Waals surface area contributed by atoms with Crippen LogP contribution in [0.4, 0.5) is 0 Å². The average Bonchev–Trinajstić information content (AvgIpc) is 3.03. The number of carbonyl (C=O) groups is 1. The number of amides is 1. The maximum Gasteiger partial charge on any atom is 0.224 e. The summed E-state index contributed by atoms with van der Waals surface area (Å²) in [5.74, 6) is -0.239. The molecule has 2 heteroatoms. The van der Waals surface area contributed by atoms with Crippen molar-refractivity contribution >= 4 is 5.91 Å². The van der Waals surface area contributed by atoms with E-state index in [1.54, 1.807) is 11.1 Å². The third kappa shape index (κ3) is 3.22. The zero-order valence-corrected chi connectivity index (χ0v) is 12.9. The highest BCUT2D eigenvalue weighted by atomic mass is 16.1. The van der Waals surface area contributed by atoms with Crippen LogP contribution in [0, 0.1) is 0 Å². The Bertz CT molecular complexity index is 639. The van der Waals surface area contributed by atoms with E-state index < -0.39 is 0 Å². The molecule has 2 N–H and O–H groups in total. The van der Waals surface area contributed by atoms with Crippen molar-refractivity contribution in [3.05, 3.63) is 70.8 Å². The number of primary amides is 1. The van der Waals surface area contributed by atoms with Crippen molar-refractivity contribution in [3.63, 3.8) is 0 Å². The van der Waals surface area contributed by atoms with Gasteiger partial charge in [0.25, 0.3) is 0 Å². The van der Waals surface area contributed by atoms with Gasteiger partial charge in [-0.3, -0.25) is 4.79 Å². The van der Waals surface area contributed by atoms with Crippen LogP contribution < -0.4 is 5.73 Å². The molecule has 114 valence electrons. The monoisotopic (exact) mass is 293 g/mol. The molecule has 1 atom stereocenters. The van der Waals surface area contributed by atoms with E-state index in [1.165, 1.54) is 24.8 Å². The third-order valence-electron chi connectivity index (χ3n) is 4.72. The number of rotatable bonds is 1. The normalized spacial score (nSPS) is 18.6. The van der Waals surface area contributed by atoms with Crippen molar-refractivity contribution in [2.24, 2.45) is 5.73 Å². The molecule has 0 saturated carbocycles. The van der Waals surface area contributed by atoms with E-state index in [4.69, 9.17) is 5.73 Å². The quantitative estimate of drug-likeness (QED) is 0.854. The van der Waals surface area contributed by atoms with Crippen LogP contribution in [0.25, 0.3) is 0 Å². The minimum atomic E-state index is -0.188. The van der Waals surface area contributed by atoms with E-state index in [0.717, 1.165) is 24.8 Å². The third-order valence-corrected chi connectivity index (χ3v) is 4.72. The fourth-order valence-electron chi connectivity index (χ4n) is 3.56. The van der Waals surface area contributed by atoms with Gasteiger partial charge in [0.05, 0.1) is 5.92 Å². The maximum atomic E-state index is 11.1. The van der Waals surface area contributed by atoms with Crippen molar-refractivity contribution in [3.8, 4) is 0 Å². The van der Waals surface area contributed by atoms with E-state index in [2.05, 4.69) is 30.3 Å². The number of fused-ring (bicyclic) bond motifs is 2. The van der Waals surface area contributed by atoms with E-state index in [0.29, 0.717) is 0 Å². The van der Waals surface area contributed by atoms with Gasteiger partial charge in [-0.25, -0.2) is 0 Å². The summed E-state index contributed by atoms with van der Waals surface area (Å²) in [5, 5.41) is 0. The molecule has 0 spiro atoms. The lowest BCUT2D eigenvalue weighted by Crippen LogP contribution is -2.24. The van der Waals surface area contributed by atoms with Crippen LogP contribution in [0.15, 0.2) is 48.5 Å². The van der Waals surface area contributed by atoms with Crippen molar-refractivity contribution in [2.45, 2.75) is 44.4 Å². The fourth-order valence-corrected chi connectivity index (χ4v) is 3.56. The van der Waals surface area contributed by atoms with E-state index >= 15 is 0 Å². The molecule has 2 aromatic rings. The predicted molar refractivity (Wildman–Crippen MR) is 89.8 cm³/mol. The molecule has 2 nitrogen and oxygen atoms in total. The second-order valence-electron chi connectivity index (χ2n) is 6.17. The van der Waals surface area contributed by atoms with Gasteiger partial charge < -0.3 is 5.73 Å². The van der Waals surface area contributed by atoms with Gasteiger partial charge >= 0.3 is 0 Å². The van der Waals surface area contributed by atoms with Crippen LogP contribution >= 0.6 is 0 Å². The Morgan fingerprint density at radius 2 is 1.36 bits per heavy atom. The molecular formula is C20H23NO. The molecule has 4 rings (SSSR count). The Balaban J connectivity index is 0.000000139. The smallest absolute Gasteiger partial charge is 0.224 e. The standard InChI is InChI=1S/C11H13NO.C9H10/c12-11(13)10-7-3-5-8-4-1-2-6-9(8)10;1-2-5-9-7-3-6-8(9)4-1/h1-2,4,6,10H,3,5,7H2,(H2,12,13);1-2,4-5H,3,6-7H2. The lowest BCUT2D eigenvalue weighted by Gasteiger charge is -2.22. The molecule has 0 radical (unpaired) electrons. The van der Waals surface area contributed by atoms with E-state index in [1.807, 2.05) is 18.2 Å². The molecular weight excluding hydrogens is 270 g/mol. The van der Waals surface area contributed by atoms with Gasteiger partial charge in [0.2, 0.25) is 5.91 Å². The van der Waals surface area contributed by atoms with Gasteiger partial charge in [0, 0.05) is 0 Å². The van der Waals surface area contributed by atoms with Crippen LogP contribution in [0.1, 0.15) is 47.4 Å². The summed E-state index contributed by atoms with van der Waals surface area (Å²) in [6, 6.07) is 16.8. The van der Waals surface area contributed by atoms with Crippen molar-refractivity contribution in [1.82, 2.24) is 0 Å².